The second-order valence-corrected chi connectivity index (χ2v) is 5.46. The fraction of sp³-hybridized carbons (Fsp3) is 0.667. The molecule has 1 aliphatic heterocycles. The molecular weight excluding hydrogens is 222 g/mol. The Morgan fingerprint density at radius 2 is 2.17 bits per heavy atom. The number of pyridine rings is 1. The van der Waals surface area contributed by atoms with Gasteiger partial charge in [0.1, 0.15) is 5.82 Å². The van der Waals surface area contributed by atoms with Gasteiger partial charge in [0.25, 0.3) is 0 Å². The highest BCUT2D eigenvalue weighted by molar-refractivity contribution is 5.42. The van der Waals surface area contributed by atoms with Gasteiger partial charge in [0.15, 0.2) is 0 Å². The van der Waals surface area contributed by atoms with E-state index < -0.39 is 0 Å². The van der Waals surface area contributed by atoms with Crippen LogP contribution in [0, 0.1) is 5.92 Å². The van der Waals surface area contributed by atoms with Crippen molar-refractivity contribution in [2.45, 2.75) is 45.6 Å². The predicted molar refractivity (Wildman–Crippen MR) is 76.7 cm³/mol. The molecule has 0 aromatic carbocycles. The fourth-order valence-electron chi connectivity index (χ4n) is 2.75. The fourth-order valence-corrected chi connectivity index (χ4v) is 2.75. The van der Waals surface area contributed by atoms with Crippen molar-refractivity contribution in [1.82, 2.24) is 4.98 Å². The van der Waals surface area contributed by atoms with E-state index in [1.807, 2.05) is 19.2 Å². The van der Waals surface area contributed by atoms with Gasteiger partial charge in [-0.15, -0.1) is 0 Å². The maximum Gasteiger partial charge on any atom is 0.128 e. The van der Waals surface area contributed by atoms with E-state index in [0.29, 0.717) is 0 Å². The third kappa shape index (κ3) is 3.22. The number of nitrogens with zero attached hydrogens (tertiary/aromatic N) is 2. The third-order valence-corrected chi connectivity index (χ3v) is 3.93. The first-order valence-corrected chi connectivity index (χ1v) is 7.17. The molecule has 3 heteroatoms. The third-order valence-electron chi connectivity index (χ3n) is 3.93. The molecule has 1 fully saturated rings. The van der Waals surface area contributed by atoms with Crippen molar-refractivity contribution in [3.8, 4) is 0 Å². The molecule has 0 radical (unpaired) electrons. The van der Waals surface area contributed by atoms with Crippen LogP contribution in [-0.4, -0.2) is 18.1 Å². The molecule has 3 nitrogen and oxygen atoms in total. The average Bonchev–Trinajstić information content (AvgIpc) is 2.40. The van der Waals surface area contributed by atoms with Crippen LogP contribution in [0.5, 0.6) is 0 Å². The Morgan fingerprint density at radius 3 is 2.78 bits per heavy atom. The van der Waals surface area contributed by atoms with Crippen LogP contribution in [0.25, 0.3) is 0 Å². The molecule has 100 valence electrons. The number of rotatable bonds is 4. The minimum Gasteiger partial charge on any atom is -0.357 e. The SMILES string of the molecule is CCCC1CCN(c2cc(C(C)N)ccn2)CC1. The largest absolute Gasteiger partial charge is 0.357 e. The van der Waals surface area contributed by atoms with Gasteiger partial charge in [-0.25, -0.2) is 4.98 Å². The standard InChI is InChI=1S/C15H25N3/c1-3-4-13-6-9-18(10-7-13)15-11-14(12(2)16)5-8-17-15/h5,8,11-13H,3-4,6-7,9-10,16H2,1-2H3. The Morgan fingerprint density at radius 1 is 1.44 bits per heavy atom. The molecule has 1 aliphatic rings. The summed E-state index contributed by atoms with van der Waals surface area (Å²) in [5.74, 6) is 2.02. The Hall–Kier alpha value is -1.09. The van der Waals surface area contributed by atoms with Crippen LogP contribution in [0.15, 0.2) is 18.3 Å². The van der Waals surface area contributed by atoms with E-state index >= 15 is 0 Å². The molecule has 1 unspecified atom stereocenters. The Bertz CT molecular complexity index is 368. The van der Waals surface area contributed by atoms with Crippen molar-refractivity contribution in [3.63, 3.8) is 0 Å². The molecule has 18 heavy (non-hydrogen) atoms. The number of hydrogen-bond acceptors (Lipinski definition) is 3. The van der Waals surface area contributed by atoms with Crippen LogP contribution in [-0.2, 0) is 0 Å². The molecule has 0 aliphatic carbocycles. The summed E-state index contributed by atoms with van der Waals surface area (Å²) in [6.45, 7) is 6.58. The van der Waals surface area contributed by atoms with Crippen molar-refractivity contribution >= 4 is 5.82 Å². The highest BCUT2D eigenvalue weighted by Gasteiger charge is 2.19. The zero-order chi connectivity index (χ0) is 13.0. The van der Waals surface area contributed by atoms with Gasteiger partial charge >= 0.3 is 0 Å². The maximum absolute atomic E-state index is 5.93. The molecule has 1 atom stereocenters. The van der Waals surface area contributed by atoms with Crippen LogP contribution in [0.2, 0.25) is 0 Å². The van der Waals surface area contributed by atoms with E-state index in [0.717, 1.165) is 24.8 Å². The van der Waals surface area contributed by atoms with E-state index in [1.54, 1.807) is 0 Å². The zero-order valence-electron chi connectivity index (χ0n) is 11.6. The molecule has 2 heterocycles. The molecular formula is C15H25N3. The number of anilines is 1. The van der Waals surface area contributed by atoms with Crippen LogP contribution < -0.4 is 10.6 Å². The van der Waals surface area contributed by atoms with Gasteiger partial charge in [0.2, 0.25) is 0 Å². The molecule has 0 bridgehead atoms. The zero-order valence-corrected chi connectivity index (χ0v) is 11.6. The molecule has 2 N–H and O–H groups in total. The highest BCUT2D eigenvalue weighted by Crippen LogP contribution is 2.25. The minimum atomic E-state index is 0.0874. The van der Waals surface area contributed by atoms with Crippen LogP contribution >= 0.6 is 0 Å². The number of piperidine rings is 1. The maximum atomic E-state index is 5.93. The van der Waals surface area contributed by atoms with Gasteiger partial charge in [-0.2, -0.15) is 0 Å². The lowest BCUT2D eigenvalue weighted by molar-refractivity contribution is 0.377. The van der Waals surface area contributed by atoms with Crippen molar-refractivity contribution in [2.75, 3.05) is 18.0 Å². The summed E-state index contributed by atoms with van der Waals surface area (Å²) in [5, 5.41) is 0. The van der Waals surface area contributed by atoms with Gasteiger partial charge < -0.3 is 10.6 Å². The first-order valence-electron chi connectivity index (χ1n) is 7.17. The number of hydrogen-bond donors (Lipinski definition) is 1. The highest BCUT2D eigenvalue weighted by atomic mass is 15.2. The van der Waals surface area contributed by atoms with Crippen molar-refractivity contribution in [3.05, 3.63) is 23.9 Å². The minimum absolute atomic E-state index is 0.0874. The summed E-state index contributed by atoms with van der Waals surface area (Å²) in [7, 11) is 0. The Labute approximate surface area is 110 Å². The summed E-state index contributed by atoms with van der Waals surface area (Å²) in [4.78, 5) is 6.89. The predicted octanol–water partition coefficient (Wildman–Crippen LogP) is 3.12. The molecule has 2 rings (SSSR count). The van der Waals surface area contributed by atoms with E-state index in [2.05, 4.69) is 22.9 Å². The van der Waals surface area contributed by atoms with Gasteiger partial charge in [-0.3, -0.25) is 0 Å². The summed E-state index contributed by atoms with van der Waals surface area (Å²) in [5.41, 5.74) is 7.10. The molecule has 0 amide bonds. The van der Waals surface area contributed by atoms with E-state index in [4.69, 9.17) is 5.73 Å². The quantitative estimate of drug-likeness (QED) is 0.889. The molecule has 1 aromatic rings. The first-order chi connectivity index (χ1) is 8.70. The van der Waals surface area contributed by atoms with E-state index in [1.165, 1.54) is 31.2 Å². The van der Waals surface area contributed by atoms with Crippen LogP contribution in [0.1, 0.15) is 51.1 Å². The molecule has 0 spiro atoms. The monoisotopic (exact) mass is 247 g/mol. The summed E-state index contributed by atoms with van der Waals surface area (Å²) >= 11 is 0. The summed E-state index contributed by atoms with van der Waals surface area (Å²) in [6, 6.07) is 4.24. The lowest BCUT2D eigenvalue weighted by atomic mass is 9.92. The second-order valence-electron chi connectivity index (χ2n) is 5.46. The van der Waals surface area contributed by atoms with Gasteiger partial charge in [0, 0.05) is 25.3 Å². The van der Waals surface area contributed by atoms with Crippen LogP contribution in [0.3, 0.4) is 0 Å². The Balaban J connectivity index is 1.98. The smallest absolute Gasteiger partial charge is 0.128 e. The molecule has 0 saturated carbocycles. The normalized spacial score (nSPS) is 18.9. The number of nitrogens with two attached hydrogens (primary N) is 1. The van der Waals surface area contributed by atoms with Crippen LogP contribution in [0.4, 0.5) is 5.82 Å². The lowest BCUT2D eigenvalue weighted by Crippen LogP contribution is -2.34. The average molecular weight is 247 g/mol. The molecule has 1 saturated heterocycles. The molecule has 1 aromatic heterocycles. The summed E-state index contributed by atoms with van der Waals surface area (Å²) in [6.07, 6.45) is 7.17. The summed E-state index contributed by atoms with van der Waals surface area (Å²) < 4.78 is 0. The van der Waals surface area contributed by atoms with E-state index in [9.17, 15) is 0 Å². The Kier molecular flexibility index (Phi) is 4.59. The number of aromatic nitrogens is 1. The van der Waals surface area contributed by atoms with Crippen molar-refractivity contribution in [1.29, 1.82) is 0 Å². The second kappa shape index (κ2) is 6.19. The van der Waals surface area contributed by atoms with Gasteiger partial charge in [-0.05, 0) is 43.4 Å². The lowest BCUT2D eigenvalue weighted by Gasteiger charge is -2.33. The van der Waals surface area contributed by atoms with Gasteiger partial charge in [-0.1, -0.05) is 19.8 Å². The van der Waals surface area contributed by atoms with Crippen molar-refractivity contribution < 1.29 is 0 Å². The first kappa shape index (κ1) is 13.3. The van der Waals surface area contributed by atoms with Crippen molar-refractivity contribution in [2.24, 2.45) is 11.7 Å². The van der Waals surface area contributed by atoms with Gasteiger partial charge in [0.05, 0.1) is 0 Å². The van der Waals surface area contributed by atoms with E-state index in [-0.39, 0.29) is 6.04 Å². The topological polar surface area (TPSA) is 42.1 Å².